The lowest BCUT2D eigenvalue weighted by Crippen LogP contribution is -2.11. The minimum Gasteiger partial charge on any atom is -0.289 e. The molecule has 0 fully saturated rings. The van der Waals surface area contributed by atoms with Crippen LogP contribution >= 0.6 is 11.8 Å². The van der Waals surface area contributed by atoms with Crippen molar-refractivity contribution in [2.75, 3.05) is 0 Å². The Hall–Kier alpha value is -2.22. The molecule has 0 atom stereocenters. The molecule has 8 heteroatoms. The van der Waals surface area contributed by atoms with Crippen molar-refractivity contribution >= 4 is 17.5 Å². The molecule has 0 radical (unpaired) electrons. The van der Waals surface area contributed by atoms with Crippen LogP contribution in [0.15, 0.2) is 58.8 Å². The van der Waals surface area contributed by atoms with Crippen LogP contribution in [0, 0.1) is 6.92 Å². The number of carbonyl (C=O) groups is 1. The Balaban J connectivity index is 2.23. The second-order valence-electron chi connectivity index (χ2n) is 5.36. The first kappa shape index (κ1) is 20.1. The Morgan fingerprint density at radius 1 is 0.923 bits per heavy atom. The summed E-state index contributed by atoms with van der Waals surface area (Å²) in [5.41, 5.74) is -1.48. The van der Waals surface area contributed by atoms with E-state index in [9.17, 15) is 31.1 Å². The first-order valence-corrected chi connectivity index (χ1v) is 8.09. The second-order valence-corrected chi connectivity index (χ2v) is 6.31. The van der Waals surface area contributed by atoms with Crippen LogP contribution in [0.3, 0.4) is 0 Å². The van der Waals surface area contributed by atoms with Gasteiger partial charge in [0, 0.05) is 10.5 Å². The van der Waals surface area contributed by atoms with Gasteiger partial charge in [-0.25, -0.2) is 0 Å². The molecule has 1 nitrogen and oxygen atoms in total. The predicted molar refractivity (Wildman–Crippen MR) is 87.0 cm³/mol. The van der Waals surface area contributed by atoms with Crippen LogP contribution in [0.2, 0.25) is 0 Å². The van der Waals surface area contributed by atoms with Crippen LogP contribution in [0.25, 0.3) is 0 Å². The maximum atomic E-state index is 13.0. The van der Waals surface area contributed by atoms with Crippen molar-refractivity contribution < 1.29 is 31.1 Å². The highest BCUT2D eigenvalue weighted by atomic mass is 32.2. The number of allylic oxidation sites excluding steroid dienone is 1. The van der Waals surface area contributed by atoms with E-state index in [0.717, 1.165) is 23.1 Å². The molecule has 0 N–H and O–H groups in total. The van der Waals surface area contributed by atoms with Crippen molar-refractivity contribution in [1.82, 2.24) is 0 Å². The second kappa shape index (κ2) is 7.57. The van der Waals surface area contributed by atoms with Crippen molar-refractivity contribution in [3.05, 3.63) is 76.2 Å². The zero-order valence-electron chi connectivity index (χ0n) is 13.3. The zero-order valence-corrected chi connectivity index (χ0v) is 14.1. The molecule has 26 heavy (non-hydrogen) atoms. The number of halogens is 6. The molecule has 2 aromatic rings. The van der Waals surface area contributed by atoms with Gasteiger partial charge < -0.3 is 0 Å². The lowest BCUT2D eigenvalue weighted by atomic mass is 10.1. The SMILES string of the molecule is Cc1ccc(C(=O)C=CSc2ccc(C(F)(F)F)cc2C(F)(F)F)cc1. The Morgan fingerprint density at radius 2 is 1.54 bits per heavy atom. The first-order valence-electron chi connectivity index (χ1n) is 7.21. The van der Waals surface area contributed by atoms with Gasteiger partial charge >= 0.3 is 12.4 Å². The van der Waals surface area contributed by atoms with Gasteiger partial charge in [-0.05, 0) is 36.6 Å². The highest BCUT2D eigenvalue weighted by Gasteiger charge is 2.38. The number of ketones is 1. The van der Waals surface area contributed by atoms with Crippen LogP contribution in [0.1, 0.15) is 27.0 Å². The van der Waals surface area contributed by atoms with Gasteiger partial charge in [-0.1, -0.05) is 41.6 Å². The summed E-state index contributed by atoms with van der Waals surface area (Å²) in [6, 6.07) is 7.97. The summed E-state index contributed by atoms with van der Waals surface area (Å²) in [4.78, 5) is 11.5. The van der Waals surface area contributed by atoms with E-state index in [0.29, 0.717) is 23.4 Å². The summed E-state index contributed by atoms with van der Waals surface area (Å²) in [6.07, 6.45) is -8.74. The number of carbonyl (C=O) groups excluding carboxylic acids is 1. The summed E-state index contributed by atoms with van der Waals surface area (Å²) in [6.45, 7) is 1.84. The van der Waals surface area contributed by atoms with Gasteiger partial charge in [0.15, 0.2) is 5.78 Å². The van der Waals surface area contributed by atoms with E-state index in [4.69, 9.17) is 0 Å². The number of alkyl halides is 6. The van der Waals surface area contributed by atoms with Gasteiger partial charge in [-0.2, -0.15) is 26.3 Å². The molecule has 0 spiro atoms. The molecule has 0 aliphatic rings. The fourth-order valence-electron chi connectivity index (χ4n) is 2.01. The van der Waals surface area contributed by atoms with Gasteiger partial charge in [0.1, 0.15) is 0 Å². The lowest BCUT2D eigenvalue weighted by Gasteiger charge is -2.14. The average molecular weight is 390 g/mol. The maximum Gasteiger partial charge on any atom is 0.417 e. The van der Waals surface area contributed by atoms with Crippen LogP contribution in [-0.2, 0) is 12.4 Å². The average Bonchev–Trinajstić information content (AvgIpc) is 2.53. The molecular formula is C18H12F6OS. The Kier molecular flexibility index (Phi) is 5.85. The largest absolute Gasteiger partial charge is 0.417 e. The van der Waals surface area contributed by atoms with E-state index in [1.165, 1.54) is 0 Å². The topological polar surface area (TPSA) is 17.1 Å². The summed E-state index contributed by atoms with van der Waals surface area (Å²) in [5, 5.41) is 1.13. The van der Waals surface area contributed by atoms with Crippen LogP contribution in [-0.4, -0.2) is 5.78 Å². The zero-order chi connectivity index (χ0) is 19.5. The maximum absolute atomic E-state index is 13.0. The monoisotopic (exact) mass is 390 g/mol. The number of rotatable bonds is 4. The minimum atomic E-state index is -4.95. The summed E-state index contributed by atoms with van der Waals surface area (Å²) >= 11 is 0.531. The normalized spacial score (nSPS) is 12.6. The molecular weight excluding hydrogens is 378 g/mol. The third-order valence-electron chi connectivity index (χ3n) is 3.36. The fraction of sp³-hybridized carbons (Fsp3) is 0.167. The summed E-state index contributed by atoms with van der Waals surface area (Å²) in [5.74, 6) is -0.419. The van der Waals surface area contributed by atoms with Crippen molar-refractivity contribution in [3.8, 4) is 0 Å². The Bertz CT molecular complexity index is 819. The molecule has 0 saturated carbocycles. The van der Waals surface area contributed by atoms with Gasteiger partial charge in [0.2, 0.25) is 0 Å². The van der Waals surface area contributed by atoms with Crippen molar-refractivity contribution in [1.29, 1.82) is 0 Å². The van der Waals surface area contributed by atoms with Crippen LogP contribution in [0.5, 0.6) is 0 Å². The molecule has 0 amide bonds. The van der Waals surface area contributed by atoms with E-state index in [-0.39, 0.29) is 6.07 Å². The molecule has 0 unspecified atom stereocenters. The van der Waals surface area contributed by atoms with Gasteiger partial charge in [0.05, 0.1) is 11.1 Å². The minimum absolute atomic E-state index is 0.0674. The number of aryl methyl sites for hydroxylation is 1. The number of hydrogen-bond acceptors (Lipinski definition) is 2. The fourth-order valence-corrected chi connectivity index (χ4v) is 2.80. The van der Waals surface area contributed by atoms with Crippen molar-refractivity contribution in [2.24, 2.45) is 0 Å². The molecule has 0 aromatic heterocycles. The number of benzene rings is 2. The van der Waals surface area contributed by atoms with Crippen molar-refractivity contribution in [2.45, 2.75) is 24.2 Å². The molecule has 0 aliphatic carbocycles. The van der Waals surface area contributed by atoms with E-state index in [2.05, 4.69) is 0 Å². The quantitative estimate of drug-likeness (QED) is 0.256. The van der Waals surface area contributed by atoms with Crippen LogP contribution in [0.4, 0.5) is 26.3 Å². The third kappa shape index (κ3) is 5.14. The van der Waals surface area contributed by atoms with Gasteiger partial charge in [0.25, 0.3) is 0 Å². The molecule has 0 aliphatic heterocycles. The molecule has 138 valence electrons. The van der Waals surface area contributed by atoms with E-state index in [1.807, 2.05) is 6.92 Å². The number of hydrogen-bond donors (Lipinski definition) is 0. The lowest BCUT2D eigenvalue weighted by molar-refractivity contribution is -0.144. The predicted octanol–water partition coefficient (Wildman–Crippen LogP) is 6.52. The summed E-state index contributed by atoms with van der Waals surface area (Å²) in [7, 11) is 0. The standard InChI is InChI=1S/C18H12F6OS/c1-11-2-4-12(5-3-11)15(25)8-9-26-16-7-6-13(17(19,20)21)10-14(16)18(22,23)24/h2-10H,1H3. The number of thioether (sulfide) groups is 1. The summed E-state index contributed by atoms with van der Waals surface area (Å²) < 4.78 is 77.0. The molecule has 2 rings (SSSR count). The Morgan fingerprint density at radius 3 is 2.08 bits per heavy atom. The Labute approximate surface area is 149 Å². The van der Waals surface area contributed by atoms with E-state index in [1.54, 1.807) is 24.3 Å². The highest BCUT2D eigenvalue weighted by Crippen LogP contribution is 2.40. The van der Waals surface area contributed by atoms with Gasteiger partial charge in [-0.3, -0.25) is 4.79 Å². The molecule has 2 aromatic carbocycles. The first-order chi connectivity index (χ1) is 12.0. The van der Waals surface area contributed by atoms with Gasteiger partial charge in [-0.15, -0.1) is 0 Å². The van der Waals surface area contributed by atoms with Crippen LogP contribution < -0.4 is 0 Å². The third-order valence-corrected chi connectivity index (χ3v) is 4.24. The van der Waals surface area contributed by atoms with E-state index < -0.39 is 34.2 Å². The molecule has 0 heterocycles. The molecule has 0 saturated heterocycles. The molecule has 0 bridgehead atoms. The van der Waals surface area contributed by atoms with Crippen molar-refractivity contribution in [3.63, 3.8) is 0 Å². The smallest absolute Gasteiger partial charge is 0.289 e. The van der Waals surface area contributed by atoms with E-state index >= 15 is 0 Å². The highest BCUT2D eigenvalue weighted by molar-refractivity contribution is 8.02.